The summed E-state index contributed by atoms with van der Waals surface area (Å²) in [7, 11) is 3.13. The Morgan fingerprint density at radius 2 is 1.41 bits per heavy atom. The number of hydrogen-bond acceptors (Lipinski definition) is 3. The van der Waals surface area contributed by atoms with E-state index in [0.29, 0.717) is 23.6 Å². The van der Waals surface area contributed by atoms with Crippen LogP contribution in [0.1, 0.15) is 5.56 Å². The zero-order valence-electron chi connectivity index (χ0n) is 12.4. The number of benzene rings is 2. The number of methoxy groups -OCH3 is 2. The van der Waals surface area contributed by atoms with Gasteiger partial charge in [-0.15, -0.1) is 0 Å². The molecule has 1 aliphatic rings. The van der Waals surface area contributed by atoms with Gasteiger partial charge in [-0.05, 0) is 42.0 Å². The van der Waals surface area contributed by atoms with Gasteiger partial charge in [-0.25, -0.2) is 8.78 Å². The Kier molecular flexibility index (Phi) is 3.64. The summed E-state index contributed by atoms with van der Waals surface area (Å²) in [6.07, 6.45) is -2.47. The summed E-state index contributed by atoms with van der Waals surface area (Å²) in [5, 5.41) is 0. The molecule has 5 heteroatoms. The molecule has 22 heavy (non-hydrogen) atoms. The molecule has 0 spiro atoms. The summed E-state index contributed by atoms with van der Waals surface area (Å²) in [5.74, 6) is 1.36. The first kappa shape index (κ1) is 14.6. The van der Waals surface area contributed by atoms with Crippen LogP contribution >= 0.6 is 0 Å². The Morgan fingerprint density at radius 3 is 1.86 bits per heavy atom. The fourth-order valence-electron chi connectivity index (χ4n) is 2.73. The molecule has 0 saturated carbocycles. The van der Waals surface area contributed by atoms with Crippen molar-refractivity contribution in [1.29, 1.82) is 0 Å². The van der Waals surface area contributed by atoms with Crippen molar-refractivity contribution in [3.05, 3.63) is 54.1 Å². The van der Waals surface area contributed by atoms with Crippen LogP contribution in [0.25, 0.3) is 0 Å². The molecule has 116 valence electrons. The van der Waals surface area contributed by atoms with Crippen molar-refractivity contribution in [3.63, 3.8) is 0 Å². The van der Waals surface area contributed by atoms with Gasteiger partial charge in [0.25, 0.3) is 6.43 Å². The van der Waals surface area contributed by atoms with Gasteiger partial charge in [0.2, 0.25) is 0 Å². The third-order valence-electron chi connectivity index (χ3n) is 4.11. The Labute approximate surface area is 128 Å². The van der Waals surface area contributed by atoms with Crippen molar-refractivity contribution in [1.82, 2.24) is 0 Å². The average molecular weight is 305 g/mol. The van der Waals surface area contributed by atoms with E-state index < -0.39 is 12.0 Å². The van der Waals surface area contributed by atoms with E-state index in [1.807, 2.05) is 0 Å². The van der Waals surface area contributed by atoms with Crippen LogP contribution in [0.15, 0.2) is 48.5 Å². The van der Waals surface area contributed by atoms with Crippen LogP contribution < -0.4 is 14.4 Å². The molecule has 1 unspecified atom stereocenters. The van der Waals surface area contributed by atoms with Gasteiger partial charge in [0, 0.05) is 5.69 Å². The number of halogens is 2. The third-order valence-corrected chi connectivity index (χ3v) is 4.11. The number of nitrogens with zero attached hydrogens (tertiary/aromatic N) is 1. The molecule has 0 aliphatic carbocycles. The molecule has 1 heterocycles. The molecule has 2 aromatic carbocycles. The Bertz CT molecular complexity index is 643. The molecule has 1 atom stereocenters. The average Bonchev–Trinajstić information content (AvgIpc) is 3.32. The minimum absolute atomic E-state index is 0.295. The molecule has 3 rings (SSSR count). The van der Waals surface area contributed by atoms with Crippen molar-refractivity contribution >= 4 is 5.69 Å². The summed E-state index contributed by atoms with van der Waals surface area (Å²) in [4.78, 5) is 1.71. The van der Waals surface area contributed by atoms with E-state index in [2.05, 4.69) is 0 Å². The molecule has 1 fully saturated rings. The molecule has 3 nitrogen and oxygen atoms in total. The summed E-state index contributed by atoms with van der Waals surface area (Å²) in [5.41, 5.74) is 0.108. The number of ether oxygens (including phenoxy) is 2. The molecule has 0 aromatic heterocycles. The molecule has 1 aliphatic heterocycles. The normalized spacial score (nSPS) is 20.1. The minimum Gasteiger partial charge on any atom is -0.497 e. The highest BCUT2D eigenvalue weighted by Crippen LogP contribution is 2.50. The Hall–Kier alpha value is -2.30. The molecule has 0 N–H and O–H groups in total. The van der Waals surface area contributed by atoms with Crippen molar-refractivity contribution in [2.24, 2.45) is 0 Å². The van der Waals surface area contributed by atoms with Crippen LogP contribution in [-0.2, 0) is 5.54 Å². The number of rotatable bonds is 5. The van der Waals surface area contributed by atoms with Crippen LogP contribution in [0.4, 0.5) is 14.5 Å². The van der Waals surface area contributed by atoms with Gasteiger partial charge < -0.3 is 14.4 Å². The van der Waals surface area contributed by atoms with Crippen LogP contribution in [0.2, 0.25) is 0 Å². The molecule has 0 amide bonds. The van der Waals surface area contributed by atoms with Crippen molar-refractivity contribution in [2.75, 3.05) is 25.7 Å². The molecule has 0 bridgehead atoms. The lowest BCUT2D eigenvalue weighted by atomic mass is 9.99. The quantitative estimate of drug-likeness (QED) is 0.786. The molecule has 1 saturated heterocycles. The summed E-state index contributed by atoms with van der Waals surface area (Å²) < 4.78 is 37.6. The second-order valence-electron chi connectivity index (χ2n) is 5.24. The fourth-order valence-corrected chi connectivity index (χ4v) is 2.73. The van der Waals surface area contributed by atoms with Gasteiger partial charge in [-0.1, -0.05) is 12.1 Å². The second kappa shape index (κ2) is 5.48. The SMILES string of the molecule is COc1ccc(N2CC2(c2ccc(OC)cc2)C(F)F)cc1. The third kappa shape index (κ3) is 2.26. The highest BCUT2D eigenvalue weighted by molar-refractivity contribution is 5.62. The van der Waals surface area contributed by atoms with E-state index >= 15 is 0 Å². The van der Waals surface area contributed by atoms with Crippen molar-refractivity contribution in [3.8, 4) is 11.5 Å². The van der Waals surface area contributed by atoms with Gasteiger partial charge in [0.05, 0.1) is 20.8 Å². The monoisotopic (exact) mass is 305 g/mol. The van der Waals surface area contributed by atoms with Crippen LogP contribution in [0.5, 0.6) is 11.5 Å². The molecule has 2 aromatic rings. The van der Waals surface area contributed by atoms with Crippen molar-refractivity contribution < 1.29 is 18.3 Å². The Morgan fingerprint density at radius 1 is 0.909 bits per heavy atom. The molecule has 0 radical (unpaired) electrons. The predicted octanol–water partition coefficient (Wildman–Crippen LogP) is 3.68. The standard InChI is InChI=1S/C17H17F2NO2/c1-21-14-7-3-12(4-8-14)17(16(18)19)11-20(17)13-5-9-15(22-2)10-6-13/h3-10,16H,11H2,1-2H3. The first-order valence-corrected chi connectivity index (χ1v) is 6.96. The van der Waals surface area contributed by atoms with Crippen LogP contribution in [0, 0.1) is 0 Å². The van der Waals surface area contributed by atoms with E-state index in [9.17, 15) is 8.78 Å². The van der Waals surface area contributed by atoms with Gasteiger partial charge in [0.1, 0.15) is 17.0 Å². The number of hydrogen-bond donors (Lipinski definition) is 0. The summed E-state index contributed by atoms with van der Waals surface area (Å²) >= 11 is 0. The lowest BCUT2D eigenvalue weighted by Crippen LogP contribution is -2.25. The highest BCUT2D eigenvalue weighted by atomic mass is 19.3. The van der Waals surface area contributed by atoms with Crippen LogP contribution in [0.3, 0.4) is 0 Å². The maximum atomic E-state index is 13.7. The maximum Gasteiger partial charge on any atom is 0.267 e. The van der Waals surface area contributed by atoms with E-state index in [0.717, 1.165) is 5.69 Å². The first-order chi connectivity index (χ1) is 10.6. The van der Waals surface area contributed by atoms with Gasteiger partial charge >= 0.3 is 0 Å². The highest BCUT2D eigenvalue weighted by Gasteiger charge is 2.60. The van der Waals surface area contributed by atoms with Gasteiger partial charge in [-0.3, -0.25) is 0 Å². The van der Waals surface area contributed by atoms with Crippen molar-refractivity contribution in [2.45, 2.75) is 12.0 Å². The largest absolute Gasteiger partial charge is 0.497 e. The lowest BCUT2D eigenvalue weighted by molar-refractivity contribution is 0.104. The van der Waals surface area contributed by atoms with E-state index in [1.54, 1.807) is 67.7 Å². The maximum absolute atomic E-state index is 13.7. The first-order valence-electron chi connectivity index (χ1n) is 6.96. The topological polar surface area (TPSA) is 21.5 Å². The summed E-state index contributed by atoms with van der Waals surface area (Å²) in [6, 6.07) is 14.0. The van der Waals surface area contributed by atoms with Crippen LogP contribution in [-0.4, -0.2) is 27.2 Å². The lowest BCUT2D eigenvalue weighted by Gasteiger charge is -2.19. The molecular weight excluding hydrogens is 288 g/mol. The van der Waals surface area contributed by atoms with Gasteiger partial charge in [-0.2, -0.15) is 0 Å². The second-order valence-corrected chi connectivity index (χ2v) is 5.24. The smallest absolute Gasteiger partial charge is 0.267 e. The van der Waals surface area contributed by atoms with Gasteiger partial charge in [0.15, 0.2) is 0 Å². The number of alkyl halides is 2. The van der Waals surface area contributed by atoms with E-state index in [1.165, 1.54) is 0 Å². The Balaban J connectivity index is 1.90. The minimum atomic E-state index is -2.47. The fraction of sp³-hybridized carbons (Fsp3) is 0.294. The number of anilines is 1. The van der Waals surface area contributed by atoms with E-state index in [-0.39, 0.29) is 0 Å². The zero-order chi connectivity index (χ0) is 15.7. The summed E-state index contributed by atoms with van der Waals surface area (Å²) in [6.45, 7) is 0.295. The zero-order valence-corrected chi connectivity index (χ0v) is 12.4. The molecular formula is C17H17F2NO2. The van der Waals surface area contributed by atoms with E-state index in [4.69, 9.17) is 9.47 Å². The predicted molar refractivity (Wildman–Crippen MR) is 81.0 cm³/mol.